The summed E-state index contributed by atoms with van der Waals surface area (Å²) < 4.78 is 52.1. The van der Waals surface area contributed by atoms with Gasteiger partial charge in [0.05, 0.1) is 23.5 Å². The van der Waals surface area contributed by atoms with Gasteiger partial charge < -0.3 is 16.2 Å². The van der Waals surface area contributed by atoms with E-state index in [1.54, 1.807) is 0 Å². The third-order valence-corrected chi connectivity index (χ3v) is 8.45. The lowest BCUT2D eigenvalue weighted by atomic mass is 9.89. The number of carbonyl (C=O) groups excluding carboxylic acids is 1. The SMILES string of the molecule is CC(C)C(C)Cc1ccc2c(c1)C(NCC(O)C(Cc1cc(F)cc(F)c1)C(N)=O)CS(=O)(=O)C2. The van der Waals surface area contributed by atoms with Crippen molar-refractivity contribution in [3.8, 4) is 0 Å². The Bertz CT molecular complexity index is 1150. The van der Waals surface area contributed by atoms with Crippen LogP contribution >= 0.6 is 0 Å². The van der Waals surface area contributed by atoms with E-state index in [-0.39, 0.29) is 30.0 Å². The summed E-state index contributed by atoms with van der Waals surface area (Å²) in [6.07, 6.45) is -0.568. The van der Waals surface area contributed by atoms with Crippen LogP contribution < -0.4 is 11.1 Å². The molecule has 1 aliphatic rings. The molecule has 0 aliphatic carbocycles. The standard InChI is InChI=1S/C26H34F2N2O4S/c1-15(2)16(3)6-17-4-5-19-13-35(33,34)14-24(22(19)9-17)30-12-25(31)23(26(29)32)10-18-7-20(27)11-21(28)8-18/h4-5,7-9,11,15-16,23-25,30-31H,6,10,12-14H2,1-3H3,(H2,29,32). The second-order valence-electron chi connectivity index (χ2n) is 10.0. The van der Waals surface area contributed by atoms with E-state index in [2.05, 4.69) is 26.1 Å². The number of primary amides is 1. The Kier molecular flexibility index (Phi) is 8.67. The van der Waals surface area contributed by atoms with Crippen LogP contribution in [0.4, 0.5) is 8.78 Å². The molecular weight excluding hydrogens is 474 g/mol. The number of carbonyl (C=O) groups is 1. The average Bonchev–Trinajstić information content (AvgIpc) is 2.74. The van der Waals surface area contributed by atoms with Crippen molar-refractivity contribution >= 4 is 15.7 Å². The Balaban J connectivity index is 1.77. The van der Waals surface area contributed by atoms with Gasteiger partial charge in [0.2, 0.25) is 5.91 Å². The molecular formula is C26H34F2N2O4S. The number of halogens is 2. The summed E-state index contributed by atoms with van der Waals surface area (Å²) in [6.45, 7) is 6.39. The van der Waals surface area contributed by atoms with Crippen molar-refractivity contribution in [1.82, 2.24) is 5.32 Å². The zero-order valence-corrected chi connectivity index (χ0v) is 21.1. The molecule has 192 valence electrons. The van der Waals surface area contributed by atoms with Crippen molar-refractivity contribution in [3.63, 3.8) is 0 Å². The molecule has 1 aliphatic heterocycles. The molecule has 0 saturated heterocycles. The van der Waals surface area contributed by atoms with Crippen LogP contribution in [0.15, 0.2) is 36.4 Å². The number of aliphatic hydroxyl groups excluding tert-OH is 1. The van der Waals surface area contributed by atoms with Crippen LogP contribution in [-0.2, 0) is 33.2 Å². The van der Waals surface area contributed by atoms with E-state index < -0.39 is 45.4 Å². The Morgan fingerprint density at radius 2 is 1.74 bits per heavy atom. The summed E-state index contributed by atoms with van der Waals surface area (Å²) in [5, 5.41) is 13.8. The summed E-state index contributed by atoms with van der Waals surface area (Å²) in [5.74, 6) is -2.72. The van der Waals surface area contributed by atoms with Crippen LogP contribution in [0.25, 0.3) is 0 Å². The molecule has 4 N–H and O–H groups in total. The molecule has 2 aromatic carbocycles. The van der Waals surface area contributed by atoms with Crippen LogP contribution in [0.1, 0.15) is 49.1 Å². The van der Waals surface area contributed by atoms with Crippen LogP contribution in [0, 0.1) is 29.4 Å². The van der Waals surface area contributed by atoms with Crippen molar-refractivity contribution in [1.29, 1.82) is 0 Å². The van der Waals surface area contributed by atoms with E-state index in [1.165, 1.54) is 0 Å². The predicted molar refractivity (Wildman–Crippen MR) is 131 cm³/mol. The smallest absolute Gasteiger partial charge is 0.223 e. The molecule has 1 heterocycles. The average molecular weight is 509 g/mol. The highest BCUT2D eigenvalue weighted by molar-refractivity contribution is 7.90. The van der Waals surface area contributed by atoms with Crippen molar-refractivity contribution in [2.75, 3.05) is 12.3 Å². The number of nitrogens with one attached hydrogen (secondary N) is 1. The first-order valence-electron chi connectivity index (χ1n) is 11.8. The summed E-state index contributed by atoms with van der Waals surface area (Å²) in [5.41, 5.74) is 8.35. The molecule has 0 radical (unpaired) electrons. The predicted octanol–water partition coefficient (Wildman–Crippen LogP) is 3.06. The van der Waals surface area contributed by atoms with Crippen LogP contribution in [0.2, 0.25) is 0 Å². The third kappa shape index (κ3) is 7.32. The Hall–Kier alpha value is -2.36. The lowest BCUT2D eigenvalue weighted by molar-refractivity contribution is -0.125. The minimum absolute atomic E-state index is 0.0435. The topological polar surface area (TPSA) is 109 Å². The van der Waals surface area contributed by atoms with E-state index in [0.29, 0.717) is 17.4 Å². The Labute approximate surface area is 205 Å². The zero-order valence-electron chi connectivity index (χ0n) is 20.3. The first-order valence-corrected chi connectivity index (χ1v) is 13.6. The van der Waals surface area contributed by atoms with Gasteiger partial charge in [-0.1, -0.05) is 39.0 Å². The summed E-state index contributed by atoms with van der Waals surface area (Å²) in [6, 6.07) is 8.17. The van der Waals surface area contributed by atoms with E-state index in [0.717, 1.165) is 35.7 Å². The molecule has 0 bridgehead atoms. The van der Waals surface area contributed by atoms with Gasteiger partial charge in [-0.2, -0.15) is 0 Å². The Morgan fingerprint density at radius 3 is 2.34 bits per heavy atom. The van der Waals surface area contributed by atoms with E-state index >= 15 is 0 Å². The van der Waals surface area contributed by atoms with Crippen molar-refractivity contribution in [2.45, 2.75) is 51.5 Å². The lowest BCUT2D eigenvalue weighted by Crippen LogP contribution is -2.44. The number of amides is 1. The molecule has 0 saturated carbocycles. The second kappa shape index (κ2) is 11.1. The lowest BCUT2D eigenvalue weighted by Gasteiger charge is -2.29. The summed E-state index contributed by atoms with van der Waals surface area (Å²) >= 11 is 0. The highest BCUT2D eigenvalue weighted by Crippen LogP contribution is 2.30. The van der Waals surface area contributed by atoms with Gasteiger partial charge in [0, 0.05) is 18.7 Å². The van der Waals surface area contributed by atoms with E-state index in [1.807, 2.05) is 18.2 Å². The second-order valence-corrected chi connectivity index (χ2v) is 12.1. The van der Waals surface area contributed by atoms with Crippen LogP contribution in [0.5, 0.6) is 0 Å². The molecule has 4 unspecified atom stereocenters. The van der Waals surface area contributed by atoms with Gasteiger partial charge in [-0.3, -0.25) is 4.79 Å². The number of hydrogen-bond acceptors (Lipinski definition) is 5. The molecule has 6 nitrogen and oxygen atoms in total. The van der Waals surface area contributed by atoms with Crippen molar-refractivity contribution in [2.24, 2.45) is 23.5 Å². The number of nitrogens with two attached hydrogens (primary N) is 1. The molecule has 1 amide bonds. The monoisotopic (exact) mass is 508 g/mol. The highest BCUT2D eigenvalue weighted by Gasteiger charge is 2.32. The first-order chi connectivity index (χ1) is 16.3. The van der Waals surface area contributed by atoms with Crippen LogP contribution in [0.3, 0.4) is 0 Å². The zero-order chi connectivity index (χ0) is 25.9. The number of sulfone groups is 1. The van der Waals surface area contributed by atoms with Gasteiger partial charge in [0.25, 0.3) is 0 Å². The van der Waals surface area contributed by atoms with Gasteiger partial charge in [0.1, 0.15) is 11.6 Å². The maximum atomic E-state index is 13.6. The number of aliphatic hydroxyl groups is 1. The van der Waals surface area contributed by atoms with Gasteiger partial charge in [-0.15, -0.1) is 0 Å². The maximum Gasteiger partial charge on any atom is 0.223 e. The number of rotatable bonds is 10. The number of fused-ring (bicyclic) bond motifs is 1. The fraction of sp³-hybridized carbons (Fsp3) is 0.500. The maximum absolute atomic E-state index is 13.6. The molecule has 0 aromatic heterocycles. The number of benzene rings is 2. The highest BCUT2D eigenvalue weighted by atomic mass is 32.2. The van der Waals surface area contributed by atoms with Crippen molar-refractivity contribution in [3.05, 3.63) is 70.3 Å². The van der Waals surface area contributed by atoms with E-state index in [4.69, 9.17) is 5.73 Å². The molecule has 0 fully saturated rings. The van der Waals surface area contributed by atoms with Gasteiger partial charge >= 0.3 is 0 Å². The van der Waals surface area contributed by atoms with Gasteiger partial charge in [0.15, 0.2) is 9.84 Å². The van der Waals surface area contributed by atoms with Crippen molar-refractivity contribution < 1.29 is 27.1 Å². The molecule has 0 spiro atoms. The fourth-order valence-electron chi connectivity index (χ4n) is 4.46. The van der Waals surface area contributed by atoms with Crippen LogP contribution in [-0.4, -0.2) is 37.8 Å². The minimum Gasteiger partial charge on any atom is -0.391 e. The molecule has 9 heteroatoms. The minimum atomic E-state index is -3.36. The first kappa shape index (κ1) is 27.2. The third-order valence-electron chi connectivity index (χ3n) is 6.86. The normalized spacial score (nSPS) is 19.7. The Morgan fingerprint density at radius 1 is 1.09 bits per heavy atom. The van der Waals surface area contributed by atoms with E-state index in [9.17, 15) is 27.1 Å². The summed E-state index contributed by atoms with van der Waals surface area (Å²) in [4.78, 5) is 12.0. The molecule has 2 aromatic rings. The van der Waals surface area contributed by atoms with Gasteiger partial charge in [-0.25, -0.2) is 17.2 Å². The molecule has 4 atom stereocenters. The quantitative estimate of drug-likeness (QED) is 0.457. The molecule has 35 heavy (non-hydrogen) atoms. The largest absolute Gasteiger partial charge is 0.391 e. The number of hydrogen-bond donors (Lipinski definition) is 3. The summed E-state index contributed by atoms with van der Waals surface area (Å²) in [7, 11) is -3.36. The molecule has 3 rings (SSSR count). The fourth-order valence-corrected chi connectivity index (χ4v) is 6.12. The van der Waals surface area contributed by atoms with Gasteiger partial charge in [-0.05, 0) is 59.1 Å².